The van der Waals surface area contributed by atoms with E-state index in [1.165, 1.54) is 11.1 Å². The Morgan fingerprint density at radius 1 is 1.33 bits per heavy atom. The minimum absolute atomic E-state index is 0.112. The Balaban J connectivity index is 1.95. The van der Waals surface area contributed by atoms with E-state index in [2.05, 4.69) is 22.9 Å². The molecule has 1 atom stereocenters. The summed E-state index contributed by atoms with van der Waals surface area (Å²) in [5, 5.41) is 3.22. The molecule has 1 aliphatic heterocycles. The van der Waals surface area contributed by atoms with Crippen molar-refractivity contribution >= 4 is 5.91 Å². The van der Waals surface area contributed by atoms with Gasteiger partial charge in [-0.3, -0.25) is 9.63 Å². The summed E-state index contributed by atoms with van der Waals surface area (Å²) in [5.41, 5.74) is 4.64. The van der Waals surface area contributed by atoms with Crippen LogP contribution in [-0.4, -0.2) is 17.6 Å². The predicted octanol–water partition coefficient (Wildman–Crippen LogP) is 1.55. The van der Waals surface area contributed by atoms with Crippen LogP contribution in [-0.2, 0) is 22.6 Å². The second kappa shape index (κ2) is 5.08. The normalized spacial score (nSPS) is 19.2. The third-order valence-corrected chi connectivity index (χ3v) is 2.86. The van der Waals surface area contributed by atoms with Gasteiger partial charge in [-0.25, -0.2) is 5.48 Å². The van der Waals surface area contributed by atoms with Crippen LogP contribution in [0.15, 0.2) is 24.3 Å². The summed E-state index contributed by atoms with van der Waals surface area (Å²) in [6.45, 7) is 6.43. The van der Waals surface area contributed by atoms with Gasteiger partial charge >= 0.3 is 0 Å². The fourth-order valence-electron chi connectivity index (χ4n) is 1.91. The molecule has 1 aliphatic rings. The van der Waals surface area contributed by atoms with E-state index in [9.17, 15) is 4.79 Å². The van der Waals surface area contributed by atoms with Gasteiger partial charge in [-0.2, -0.15) is 0 Å². The van der Waals surface area contributed by atoms with Crippen molar-refractivity contribution in [3.8, 4) is 0 Å². The number of nitrogens with one attached hydrogen (secondary N) is 2. The molecule has 2 rings (SSSR count). The lowest BCUT2D eigenvalue weighted by atomic mass is 9.96. The van der Waals surface area contributed by atoms with Gasteiger partial charge in [-0.1, -0.05) is 24.3 Å². The van der Waals surface area contributed by atoms with Crippen LogP contribution in [0, 0.1) is 0 Å². The van der Waals surface area contributed by atoms with Gasteiger partial charge < -0.3 is 5.32 Å². The third-order valence-electron chi connectivity index (χ3n) is 2.86. The van der Waals surface area contributed by atoms with Crippen molar-refractivity contribution in [2.24, 2.45) is 0 Å². The van der Waals surface area contributed by atoms with Gasteiger partial charge in [0, 0.05) is 6.54 Å². The van der Waals surface area contributed by atoms with E-state index in [4.69, 9.17) is 4.84 Å². The number of rotatable bonds is 2. The molecular weight excluding hydrogens is 228 g/mol. The van der Waals surface area contributed by atoms with Crippen molar-refractivity contribution in [1.82, 2.24) is 10.8 Å². The summed E-state index contributed by atoms with van der Waals surface area (Å²) >= 11 is 0. The van der Waals surface area contributed by atoms with E-state index in [1.54, 1.807) is 0 Å². The van der Waals surface area contributed by atoms with E-state index < -0.39 is 0 Å². The SMILES string of the molecule is CC(C)(C)ONC(=O)[C@H]1Cc2ccccc2CN1. The number of carbonyl (C=O) groups excluding carboxylic acids is 1. The zero-order valence-corrected chi connectivity index (χ0v) is 11.1. The van der Waals surface area contributed by atoms with Crippen LogP contribution < -0.4 is 10.8 Å². The molecule has 1 aromatic rings. The molecule has 18 heavy (non-hydrogen) atoms. The topological polar surface area (TPSA) is 50.4 Å². The largest absolute Gasteiger partial charge is 0.301 e. The molecule has 4 heteroatoms. The van der Waals surface area contributed by atoms with Crippen molar-refractivity contribution in [1.29, 1.82) is 0 Å². The van der Waals surface area contributed by atoms with Gasteiger partial charge in [0.25, 0.3) is 5.91 Å². The van der Waals surface area contributed by atoms with Crippen LogP contribution in [0.3, 0.4) is 0 Å². The molecular formula is C14H20N2O2. The molecule has 4 nitrogen and oxygen atoms in total. The second-order valence-electron chi connectivity index (χ2n) is 5.59. The summed E-state index contributed by atoms with van der Waals surface area (Å²) < 4.78 is 0. The van der Waals surface area contributed by atoms with Gasteiger partial charge in [0.05, 0.1) is 11.6 Å². The van der Waals surface area contributed by atoms with Crippen molar-refractivity contribution in [2.75, 3.05) is 0 Å². The zero-order valence-electron chi connectivity index (χ0n) is 11.1. The quantitative estimate of drug-likeness (QED) is 0.781. The van der Waals surface area contributed by atoms with Gasteiger partial charge in [0.1, 0.15) is 0 Å². The smallest absolute Gasteiger partial charge is 0.261 e. The fourth-order valence-corrected chi connectivity index (χ4v) is 1.91. The van der Waals surface area contributed by atoms with Crippen LogP contribution >= 0.6 is 0 Å². The predicted molar refractivity (Wildman–Crippen MR) is 69.8 cm³/mol. The highest BCUT2D eigenvalue weighted by Crippen LogP contribution is 2.16. The maximum absolute atomic E-state index is 12.0. The number of fused-ring (bicyclic) bond motifs is 1. The number of amides is 1. The summed E-state index contributed by atoms with van der Waals surface area (Å²) in [7, 11) is 0. The summed E-state index contributed by atoms with van der Waals surface area (Å²) in [6, 6.07) is 7.96. The first kappa shape index (κ1) is 13.1. The number of hydrogen-bond acceptors (Lipinski definition) is 3. The summed E-state index contributed by atoms with van der Waals surface area (Å²) in [6.07, 6.45) is 0.704. The molecule has 0 fully saturated rings. The molecule has 0 saturated carbocycles. The molecule has 0 aliphatic carbocycles. The molecule has 0 saturated heterocycles. The van der Waals surface area contributed by atoms with E-state index in [1.807, 2.05) is 32.9 Å². The molecule has 1 amide bonds. The maximum Gasteiger partial charge on any atom is 0.261 e. The van der Waals surface area contributed by atoms with Crippen molar-refractivity contribution < 1.29 is 9.63 Å². The minimum Gasteiger partial charge on any atom is -0.301 e. The van der Waals surface area contributed by atoms with E-state index in [0.717, 1.165) is 6.54 Å². The standard InChI is InChI=1S/C14H20N2O2/c1-14(2,3)18-16-13(17)12-8-10-6-4-5-7-11(10)9-15-12/h4-7,12,15H,8-9H2,1-3H3,(H,16,17)/t12-/m1/s1. The molecule has 0 spiro atoms. The average molecular weight is 248 g/mol. The lowest BCUT2D eigenvalue weighted by Crippen LogP contribution is -2.49. The Morgan fingerprint density at radius 2 is 2.00 bits per heavy atom. The molecule has 0 unspecified atom stereocenters. The number of hydrogen-bond donors (Lipinski definition) is 2. The zero-order chi connectivity index (χ0) is 13.2. The monoisotopic (exact) mass is 248 g/mol. The Labute approximate surface area is 108 Å². The van der Waals surface area contributed by atoms with Gasteiger partial charge in [0.2, 0.25) is 0 Å². The highest BCUT2D eigenvalue weighted by molar-refractivity contribution is 5.81. The lowest BCUT2D eigenvalue weighted by Gasteiger charge is -2.27. The first-order valence-corrected chi connectivity index (χ1v) is 6.24. The second-order valence-corrected chi connectivity index (χ2v) is 5.59. The lowest BCUT2D eigenvalue weighted by molar-refractivity contribution is -0.147. The van der Waals surface area contributed by atoms with E-state index >= 15 is 0 Å². The number of carbonyl (C=O) groups is 1. The van der Waals surface area contributed by atoms with Crippen molar-refractivity contribution in [3.05, 3.63) is 35.4 Å². The first-order chi connectivity index (χ1) is 8.46. The Kier molecular flexibility index (Phi) is 3.68. The van der Waals surface area contributed by atoms with Crippen molar-refractivity contribution in [2.45, 2.75) is 45.4 Å². The van der Waals surface area contributed by atoms with Crippen LogP contribution in [0.5, 0.6) is 0 Å². The highest BCUT2D eigenvalue weighted by Gasteiger charge is 2.25. The Morgan fingerprint density at radius 3 is 2.67 bits per heavy atom. The molecule has 2 N–H and O–H groups in total. The fraction of sp³-hybridized carbons (Fsp3) is 0.500. The maximum atomic E-state index is 12.0. The van der Waals surface area contributed by atoms with Crippen LogP contribution in [0.25, 0.3) is 0 Å². The number of hydroxylamine groups is 1. The third kappa shape index (κ3) is 3.31. The van der Waals surface area contributed by atoms with E-state index in [-0.39, 0.29) is 17.6 Å². The Bertz CT molecular complexity index is 438. The minimum atomic E-state index is -0.373. The molecule has 0 aromatic heterocycles. The highest BCUT2D eigenvalue weighted by atomic mass is 16.7. The van der Waals surface area contributed by atoms with E-state index in [0.29, 0.717) is 6.42 Å². The van der Waals surface area contributed by atoms with Gasteiger partial charge in [-0.05, 0) is 38.3 Å². The summed E-state index contributed by atoms with van der Waals surface area (Å²) in [5.74, 6) is -0.112. The molecule has 1 aromatic carbocycles. The average Bonchev–Trinajstić information content (AvgIpc) is 2.34. The molecule has 1 heterocycles. The summed E-state index contributed by atoms with van der Waals surface area (Å²) in [4.78, 5) is 17.2. The van der Waals surface area contributed by atoms with Crippen LogP contribution in [0.1, 0.15) is 31.9 Å². The first-order valence-electron chi connectivity index (χ1n) is 6.24. The van der Waals surface area contributed by atoms with Crippen molar-refractivity contribution in [3.63, 3.8) is 0 Å². The van der Waals surface area contributed by atoms with Crippen LogP contribution in [0.4, 0.5) is 0 Å². The Hall–Kier alpha value is -1.39. The van der Waals surface area contributed by atoms with Gasteiger partial charge in [0.15, 0.2) is 0 Å². The molecule has 0 bridgehead atoms. The molecule has 98 valence electrons. The van der Waals surface area contributed by atoms with Crippen LogP contribution in [0.2, 0.25) is 0 Å². The molecule has 0 radical (unpaired) electrons. The number of benzene rings is 1. The van der Waals surface area contributed by atoms with Gasteiger partial charge in [-0.15, -0.1) is 0 Å².